The molecule has 1 aromatic carbocycles. The minimum atomic E-state index is -0.375. The molecule has 4 rings (SSSR count). The lowest BCUT2D eigenvalue weighted by atomic mass is 10.1. The average molecular weight is 361 g/mol. The SMILES string of the molecule is Cc1ccc(F)c(-c2nc(-c3cnc(N)c(O)c3)c(-c3ccncc3)[nH]2)c1. The molecule has 0 fully saturated rings. The van der Waals surface area contributed by atoms with Gasteiger partial charge in [0.15, 0.2) is 11.6 Å². The normalized spacial score (nSPS) is 10.9. The van der Waals surface area contributed by atoms with Gasteiger partial charge in [-0.15, -0.1) is 0 Å². The Morgan fingerprint density at radius 2 is 1.85 bits per heavy atom. The number of halogens is 1. The Bertz CT molecular complexity index is 1120. The molecule has 0 spiro atoms. The van der Waals surface area contributed by atoms with E-state index in [0.717, 1.165) is 11.1 Å². The van der Waals surface area contributed by atoms with Gasteiger partial charge in [-0.3, -0.25) is 4.98 Å². The van der Waals surface area contributed by atoms with Gasteiger partial charge in [0.1, 0.15) is 11.6 Å². The molecule has 0 saturated carbocycles. The van der Waals surface area contributed by atoms with Gasteiger partial charge in [0.05, 0.1) is 17.0 Å². The van der Waals surface area contributed by atoms with Crippen molar-refractivity contribution >= 4 is 5.82 Å². The fraction of sp³-hybridized carbons (Fsp3) is 0.0500. The van der Waals surface area contributed by atoms with Crippen LogP contribution in [0.5, 0.6) is 5.75 Å². The molecule has 3 aromatic heterocycles. The molecule has 4 aromatic rings. The number of nitrogens with one attached hydrogen (secondary N) is 1. The summed E-state index contributed by atoms with van der Waals surface area (Å²) < 4.78 is 14.4. The van der Waals surface area contributed by atoms with E-state index >= 15 is 0 Å². The number of aromatic nitrogens is 4. The summed E-state index contributed by atoms with van der Waals surface area (Å²) in [5, 5.41) is 9.93. The molecule has 0 saturated heterocycles. The Balaban J connectivity index is 1.95. The third-order valence-electron chi connectivity index (χ3n) is 4.22. The van der Waals surface area contributed by atoms with Gasteiger partial charge in [-0.1, -0.05) is 11.6 Å². The van der Waals surface area contributed by atoms with Crippen LogP contribution in [0.2, 0.25) is 0 Å². The van der Waals surface area contributed by atoms with E-state index in [-0.39, 0.29) is 17.4 Å². The quantitative estimate of drug-likeness (QED) is 0.513. The van der Waals surface area contributed by atoms with Crippen LogP contribution in [0.1, 0.15) is 5.56 Å². The molecule has 0 amide bonds. The molecule has 0 radical (unpaired) electrons. The van der Waals surface area contributed by atoms with E-state index in [2.05, 4.69) is 19.9 Å². The molecule has 0 aliphatic rings. The molecule has 6 nitrogen and oxygen atoms in total. The van der Waals surface area contributed by atoms with Crippen molar-refractivity contribution in [2.24, 2.45) is 0 Å². The van der Waals surface area contributed by atoms with Crippen molar-refractivity contribution in [1.82, 2.24) is 19.9 Å². The van der Waals surface area contributed by atoms with Crippen LogP contribution in [0.15, 0.2) is 55.0 Å². The zero-order valence-corrected chi connectivity index (χ0v) is 14.4. The standard InChI is InChI=1S/C20H16FN5O/c1-11-2-3-15(21)14(8-11)20-25-17(12-4-6-23-7-5-12)18(26-20)13-9-16(27)19(22)24-10-13/h2-10,27H,1H3,(H2,22,24)(H,25,26). The summed E-state index contributed by atoms with van der Waals surface area (Å²) in [6.07, 6.45) is 4.84. The molecule has 4 N–H and O–H groups in total. The molecule has 0 bridgehead atoms. The number of benzene rings is 1. The van der Waals surface area contributed by atoms with Gasteiger partial charge in [-0.25, -0.2) is 14.4 Å². The summed E-state index contributed by atoms with van der Waals surface area (Å²) in [6, 6.07) is 9.96. The van der Waals surface area contributed by atoms with Crippen molar-refractivity contribution < 1.29 is 9.50 Å². The number of aromatic amines is 1. The Hall–Kier alpha value is -3.74. The number of anilines is 1. The van der Waals surface area contributed by atoms with E-state index in [1.165, 1.54) is 18.3 Å². The monoisotopic (exact) mass is 361 g/mol. The van der Waals surface area contributed by atoms with Crippen LogP contribution in [0, 0.1) is 12.7 Å². The van der Waals surface area contributed by atoms with E-state index in [1.54, 1.807) is 24.5 Å². The third kappa shape index (κ3) is 3.10. The largest absolute Gasteiger partial charge is 0.504 e. The number of nitrogens with zero attached hydrogens (tertiary/aromatic N) is 3. The van der Waals surface area contributed by atoms with Crippen molar-refractivity contribution in [3.63, 3.8) is 0 Å². The lowest BCUT2D eigenvalue weighted by Gasteiger charge is -2.04. The molecular formula is C20H16FN5O. The van der Waals surface area contributed by atoms with Gasteiger partial charge in [-0.05, 0) is 37.3 Å². The van der Waals surface area contributed by atoms with Crippen LogP contribution in [0.25, 0.3) is 33.9 Å². The van der Waals surface area contributed by atoms with E-state index in [0.29, 0.717) is 28.3 Å². The fourth-order valence-corrected chi connectivity index (χ4v) is 2.85. The van der Waals surface area contributed by atoms with Crippen LogP contribution in [0.3, 0.4) is 0 Å². The van der Waals surface area contributed by atoms with E-state index in [9.17, 15) is 9.50 Å². The molecule has 0 aliphatic heterocycles. The molecule has 0 atom stereocenters. The van der Waals surface area contributed by atoms with Gasteiger partial charge in [0, 0.05) is 29.7 Å². The van der Waals surface area contributed by atoms with E-state index < -0.39 is 0 Å². The molecule has 0 unspecified atom stereocenters. The lowest BCUT2D eigenvalue weighted by Crippen LogP contribution is -1.92. The number of imidazole rings is 1. The van der Waals surface area contributed by atoms with Gasteiger partial charge in [-0.2, -0.15) is 0 Å². The molecule has 0 aliphatic carbocycles. The smallest absolute Gasteiger partial charge is 0.165 e. The predicted molar refractivity (Wildman–Crippen MR) is 101 cm³/mol. The third-order valence-corrected chi connectivity index (χ3v) is 4.22. The van der Waals surface area contributed by atoms with Crippen LogP contribution in [-0.4, -0.2) is 25.0 Å². The van der Waals surface area contributed by atoms with Crippen molar-refractivity contribution in [1.29, 1.82) is 0 Å². The van der Waals surface area contributed by atoms with Crippen molar-refractivity contribution in [3.05, 3.63) is 66.4 Å². The maximum absolute atomic E-state index is 14.4. The van der Waals surface area contributed by atoms with E-state index in [1.807, 2.05) is 19.1 Å². The molecule has 27 heavy (non-hydrogen) atoms. The number of hydrogen-bond donors (Lipinski definition) is 3. The topological polar surface area (TPSA) is 101 Å². The number of H-pyrrole nitrogens is 1. The number of hydrogen-bond acceptors (Lipinski definition) is 5. The summed E-state index contributed by atoms with van der Waals surface area (Å²) in [4.78, 5) is 15.8. The lowest BCUT2D eigenvalue weighted by molar-refractivity contribution is 0.476. The Labute approximate surface area is 154 Å². The number of aromatic hydroxyl groups is 1. The number of nitrogens with two attached hydrogens (primary N) is 1. The number of pyridine rings is 2. The number of rotatable bonds is 3. The van der Waals surface area contributed by atoms with Gasteiger partial charge in [0.25, 0.3) is 0 Å². The Morgan fingerprint density at radius 3 is 2.59 bits per heavy atom. The summed E-state index contributed by atoms with van der Waals surface area (Å²) in [6.45, 7) is 1.89. The summed E-state index contributed by atoms with van der Waals surface area (Å²) in [5.74, 6) is -0.0982. The maximum Gasteiger partial charge on any atom is 0.165 e. The molecule has 3 heterocycles. The highest BCUT2D eigenvalue weighted by atomic mass is 19.1. The summed E-state index contributed by atoms with van der Waals surface area (Å²) >= 11 is 0. The summed E-state index contributed by atoms with van der Waals surface area (Å²) in [7, 11) is 0. The first-order valence-corrected chi connectivity index (χ1v) is 8.24. The average Bonchev–Trinajstić information content (AvgIpc) is 3.12. The van der Waals surface area contributed by atoms with Crippen molar-refractivity contribution in [2.45, 2.75) is 6.92 Å². The molecule has 7 heteroatoms. The van der Waals surface area contributed by atoms with Crippen molar-refractivity contribution in [3.8, 4) is 39.7 Å². The zero-order valence-electron chi connectivity index (χ0n) is 14.4. The Morgan fingerprint density at radius 1 is 1.07 bits per heavy atom. The van der Waals surface area contributed by atoms with Crippen LogP contribution in [-0.2, 0) is 0 Å². The van der Waals surface area contributed by atoms with Crippen LogP contribution >= 0.6 is 0 Å². The summed E-state index contributed by atoms with van der Waals surface area (Å²) in [5.41, 5.74) is 9.46. The number of nitrogen functional groups attached to an aromatic ring is 1. The minimum absolute atomic E-state index is 0.0321. The predicted octanol–water partition coefficient (Wildman–Crippen LogP) is 3.94. The first-order chi connectivity index (χ1) is 13.0. The van der Waals surface area contributed by atoms with Crippen LogP contribution < -0.4 is 5.73 Å². The number of aryl methyl sites for hydroxylation is 1. The van der Waals surface area contributed by atoms with Gasteiger partial charge >= 0.3 is 0 Å². The molecular weight excluding hydrogens is 345 g/mol. The second-order valence-electron chi connectivity index (χ2n) is 6.16. The van der Waals surface area contributed by atoms with E-state index in [4.69, 9.17) is 5.73 Å². The fourth-order valence-electron chi connectivity index (χ4n) is 2.85. The van der Waals surface area contributed by atoms with Crippen molar-refractivity contribution in [2.75, 3.05) is 5.73 Å². The minimum Gasteiger partial charge on any atom is -0.504 e. The highest BCUT2D eigenvalue weighted by molar-refractivity contribution is 5.81. The highest BCUT2D eigenvalue weighted by Crippen LogP contribution is 2.35. The van der Waals surface area contributed by atoms with Gasteiger partial charge < -0.3 is 15.8 Å². The van der Waals surface area contributed by atoms with Crippen LogP contribution in [0.4, 0.5) is 10.2 Å². The van der Waals surface area contributed by atoms with Gasteiger partial charge in [0.2, 0.25) is 0 Å². The second kappa shape index (κ2) is 6.53. The first-order valence-electron chi connectivity index (χ1n) is 8.24. The highest BCUT2D eigenvalue weighted by Gasteiger charge is 2.18. The zero-order chi connectivity index (χ0) is 19.0. The maximum atomic E-state index is 14.4. The Kier molecular flexibility index (Phi) is 4.04. The molecule has 134 valence electrons. The second-order valence-corrected chi connectivity index (χ2v) is 6.16. The first kappa shape index (κ1) is 16.7.